The molecule has 0 bridgehead atoms. The molecule has 0 spiro atoms. The van der Waals surface area contributed by atoms with Crippen LogP contribution < -0.4 is 21.0 Å². The lowest BCUT2D eigenvalue weighted by Crippen LogP contribution is -2.59. The molecular weight excluding hydrogens is 370 g/mol. The Bertz CT molecular complexity index is 878. The number of anilines is 1. The summed E-state index contributed by atoms with van der Waals surface area (Å²) in [7, 11) is 0. The molecular formula is C19H20F2N4O3. The van der Waals surface area contributed by atoms with Gasteiger partial charge in [0.05, 0.1) is 17.3 Å². The normalized spacial score (nSPS) is 14.8. The zero-order chi connectivity index (χ0) is 20.3. The van der Waals surface area contributed by atoms with Gasteiger partial charge in [0.15, 0.2) is 0 Å². The molecule has 7 nitrogen and oxygen atoms in total. The molecule has 9 heteroatoms. The summed E-state index contributed by atoms with van der Waals surface area (Å²) >= 11 is 0. The monoisotopic (exact) mass is 390 g/mol. The quantitative estimate of drug-likeness (QED) is 0.759. The van der Waals surface area contributed by atoms with Crippen LogP contribution >= 0.6 is 0 Å². The second-order valence-electron chi connectivity index (χ2n) is 6.19. The number of primary amides is 1. The zero-order valence-corrected chi connectivity index (χ0v) is 15.1. The third-order valence-corrected chi connectivity index (χ3v) is 4.37. The molecule has 2 aromatic carbocycles. The fraction of sp³-hybridized carbons (Fsp3) is 0.263. The van der Waals surface area contributed by atoms with Gasteiger partial charge >= 0.3 is 6.61 Å². The molecule has 2 amide bonds. The van der Waals surface area contributed by atoms with Crippen LogP contribution in [0.4, 0.5) is 14.5 Å². The first-order valence-electron chi connectivity index (χ1n) is 8.70. The van der Waals surface area contributed by atoms with Crippen LogP contribution in [0, 0.1) is 0 Å². The molecule has 0 aliphatic carbocycles. The van der Waals surface area contributed by atoms with E-state index in [0.717, 1.165) is 5.01 Å². The van der Waals surface area contributed by atoms with E-state index in [1.165, 1.54) is 6.07 Å². The first-order valence-corrected chi connectivity index (χ1v) is 8.70. The van der Waals surface area contributed by atoms with Crippen molar-refractivity contribution in [3.05, 3.63) is 59.7 Å². The maximum absolute atomic E-state index is 12.9. The lowest BCUT2D eigenvalue weighted by Gasteiger charge is -2.42. The number of hydrogen-bond donors (Lipinski definition) is 2. The van der Waals surface area contributed by atoms with Crippen LogP contribution in [0.1, 0.15) is 35.3 Å². The predicted molar refractivity (Wildman–Crippen MR) is 98.4 cm³/mol. The van der Waals surface area contributed by atoms with Crippen molar-refractivity contribution in [1.29, 1.82) is 0 Å². The van der Waals surface area contributed by atoms with Gasteiger partial charge in [-0.3, -0.25) is 14.6 Å². The van der Waals surface area contributed by atoms with Crippen LogP contribution in [-0.2, 0) is 4.79 Å². The number of rotatable bonds is 7. The Morgan fingerprint density at radius 2 is 1.86 bits per heavy atom. The number of nitrogens with two attached hydrogens (primary N) is 1. The third kappa shape index (κ3) is 3.89. The van der Waals surface area contributed by atoms with Crippen LogP contribution in [-0.4, -0.2) is 30.0 Å². The second-order valence-corrected chi connectivity index (χ2v) is 6.19. The zero-order valence-electron chi connectivity index (χ0n) is 15.1. The highest BCUT2D eigenvalue weighted by molar-refractivity contribution is 6.02. The number of fused-ring (bicyclic) bond motifs is 1. The highest BCUT2D eigenvalue weighted by atomic mass is 19.3. The number of hydrazine groups is 2. The van der Waals surface area contributed by atoms with Crippen LogP contribution in [0.3, 0.4) is 0 Å². The van der Waals surface area contributed by atoms with Crippen molar-refractivity contribution >= 4 is 17.5 Å². The summed E-state index contributed by atoms with van der Waals surface area (Å²) in [5.74, 6) is -1.05. The third-order valence-electron chi connectivity index (χ3n) is 4.37. The average Bonchev–Trinajstić information content (AvgIpc) is 2.66. The van der Waals surface area contributed by atoms with E-state index in [-0.39, 0.29) is 12.3 Å². The summed E-state index contributed by atoms with van der Waals surface area (Å²) in [4.78, 5) is 24.0. The maximum atomic E-state index is 12.9. The molecule has 1 atom stereocenters. The van der Waals surface area contributed by atoms with Gasteiger partial charge in [0, 0.05) is 5.56 Å². The van der Waals surface area contributed by atoms with Crippen molar-refractivity contribution in [3.63, 3.8) is 0 Å². The van der Waals surface area contributed by atoms with Gasteiger partial charge in [0.25, 0.3) is 5.91 Å². The summed E-state index contributed by atoms with van der Waals surface area (Å²) < 4.78 is 30.4. The molecule has 3 rings (SSSR count). The van der Waals surface area contributed by atoms with Crippen molar-refractivity contribution < 1.29 is 23.1 Å². The molecule has 0 fully saturated rings. The largest absolute Gasteiger partial charge is 0.434 e. The van der Waals surface area contributed by atoms with E-state index in [0.29, 0.717) is 23.2 Å². The summed E-state index contributed by atoms with van der Waals surface area (Å²) in [6, 6.07) is 12.9. The summed E-state index contributed by atoms with van der Waals surface area (Å²) in [6.45, 7) is -1.42. The fourth-order valence-electron chi connectivity index (χ4n) is 3.24. The predicted octanol–water partition coefficient (Wildman–Crippen LogP) is 2.61. The van der Waals surface area contributed by atoms with E-state index in [2.05, 4.69) is 10.3 Å². The lowest BCUT2D eigenvalue weighted by molar-refractivity contribution is -0.119. The Morgan fingerprint density at radius 1 is 1.18 bits per heavy atom. The number of nitrogens with one attached hydrogen (secondary N) is 1. The van der Waals surface area contributed by atoms with Crippen LogP contribution in [0.5, 0.6) is 5.75 Å². The molecule has 0 radical (unpaired) electrons. The number of hydrogen-bond acceptors (Lipinski definition) is 5. The molecule has 2 aromatic rings. The molecule has 1 unspecified atom stereocenters. The molecule has 148 valence electrons. The van der Waals surface area contributed by atoms with Gasteiger partial charge in [-0.25, -0.2) is 5.01 Å². The van der Waals surface area contributed by atoms with Crippen molar-refractivity contribution in [2.24, 2.45) is 5.73 Å². The van der Waals surface area contributed by atoms with E-state index < -0.39 is 24.5 Å². The van der Waals surface area contributed by atoms with Crippen LogP contribution in [0.2, 0.25) is 0 Å². The number of alkyl halides is 2. The van der Waals surface area contributed by atoms with Crippen molar-refractivity contribution in [1.82, 2.24) is 10.5 Å². The van der Waals surface area contributed by atoms with Gasteiger partial charge < -0.3 is 10.5 Å². The van der Waals surface area contributed by atoms with Crippen LogP contribution in [0.25, 0.3) is 0 Å². The average molecular weight is 390 g/mol. The molecule has 0 aromatic heterocycles. The number of amides is 2. The van der Waals surface area contributed by atoms with Crippen LogP contribution in [0.15, 0.2) is 48.5 Å². The van der Waals surface area contributed by atoms with Gasteiger partial charge in [-0.05, 0) is 24.6 Å². The van der Waals surface area contributed by atoms with E-state index in [1.54, 1.807) is 47.5 Å². The second kappa shape index (κ2) is 8.22. The van der Waals surface area contributed by atoms with E-state index in [1.807, 2.05) is 6.92 Å². The van der Waals surface area contributed by atoms with Crippen molar-refractivity contribution in [3.8, 4) is 5.75 Å². The Kier molecular flexibility index (Phi) is 5.74. The number of halogens is 2. The lowest BCUT2D eigenvalue weighted by atomic mass is 10.0. The van der Waals surface area contributed by atoms with Gasteiger partial charge in [0.2, 0.25) is 5.91 Å². The van der Waals surface area contributed by atoms with Gasteiger partial charge in [-0.2, -0.15) is 8.78 Å². The number of para-hydroxylation sites is 2. The topological polar surface area (TPSA) is 87.9 Å². The summed E-state index contributed by atoms with van der Waals surface area (Å²) in [6.07, 6.45) is 0.504. The first-order chi connectivity index (χ1) is 13.4. The SMILES string of the molecule is CCC(c1ccccc1OC(F)F)N1NN(CC(N)=O)C(=O)c2ccccc21. The Balaban J connectivity index is 2.06. The molecule has 1 aliphatic heterocycles. The molecule has 0 saturated carbocycles. The van der Waals surface area contributed by atoms with E-state index in [4.69, 9.17) is 5.73 Å². The fourth-order valence-corrected chi connectivity index (χ4v) is 3.24. The summed E-state index contributed by atoms with van der Waals surface area (Å²) in [5.41, 5.74) is 9.59. The van der Waals surface area contributed by atoms with Crippen molar-refractivity contribution in [2.45, 2.75) is 26.0 Å². The summed E-state index contributed by atoms with van der Waals surface area (Å²) in [5, 5.41) is 2.76. The number of carbonyl (C=O) groups is 2. The van der Waals surface area contributed by atoms with Gasteiger partial charge in [-0.1, -0.05) is 37.3 Å². The number of ether oxygens (including phenoxy) is 1. The number of carbonyl (C=O) groups excluding carboxylic acids is 2. The Hall–Kier alpha value is -3.20. The maximum Gasteiger partial charge on any atom is 0.387 e. The molecule has 0 saturated heterocycles. The molecule has 1 heterocycles. The van der Waals surface area contributed by atoms with E-state index in [9.17, 15) is 18.4 Å². The number of benzene rings is 2. The molecule has 3 N–H and O–H groups in total. The highest BCUT2D eigenvalue weighted by Gasteiger charge is 2.34. The van der Waals surface area contributed by atoms with Crippen molar-refractivity contribution in [2.75, 3.05) is 11.6 Å². The Labute approximate surface area is 160 Å². The molecule has 28 heavy (non-hydrogen) atoms. The molecule has 1 aliphatic rings. The van der Waals surface area contributed by atoms with Gasteiger partial charge in [-0.15, -0.1) is 5.53 Å². The number of nitrogens with zero attached hydrogens (tertiary/aromatic N) is 2. The van der Waals surface area contributed by atoms with E-state index >= 15 is 0 Å². The van der Waals surface area contributed by atoms with Gasteiger partial charge in [0.1, 0.15) is 12.3 Å². The minimum atomic E-state index is -2.96. The minimum Gasteiger partial charge on any atom is -0.434 e. The standard InChI is InChI=1S/C19H20F2N4O3/c1-2-14(12-7-4-6-10-16(12)28-19(20)21)25-15-9-5-3-8-13(15)18(27)24(23-25)11-17(22)26/h3-10,14,19,23H,2,11H2,1H3,(H2,22,26). The Morgan fingerprint density at radius 3 is 2.54 bits per heavy atom. The highest BCUT2D eigenvalue weighted by Crippen LogP contribution is 2.37. The minimum absolute atomic E-state index is 0.0435. The smallest absolute Gasteiger partial charge is 0.387 e. The first kappa shape index (κ1) is 19.6.